The fourth-order valence-electron chi connectivity index (χ4n) is 3.14. The fraction of sp³-hybridized carbons (Fsp3) is 0.200. The highest BCUT2D eigenvalue weighted by atomic mass is 19.1. The zero-order valence-electron chi connectivity index (χ0n) is 13.9. The highest BCUT2D eigenvalue weighted by molar-refractivity contribution is 5.69. The maximum absolute atomic E-state index is 13.5. The molecular weight excluding hydrogens is 331 g/mol. The molecular formula is C20H15FN4O. The van der Waals surface area contributed by atoms with E-state index in [4.69, 9.17) is 10.00 Å². The van der Waals surface area contributed by atoms with Crippen molar-refractivity contribution in [3.8, 4) is 23.1 Å². The SMILES string of the molecule is N#Cc1ccc(COc2cc(-c3ccnc(F)c3)c3c(n2)CCC3)nc1. The lowest BCUT2D eigenvalue weighted by atomic mass is 10.0. The first-order valence-corrected chi connectivity index (χ1v) is 8.35. The Balaban J connectivity index is 1.62. The monoisotopic (exact) mass is 346 g/mol. The predicted molar refractivity (Wildman–Crippen MR) is 92.7 cm³/mol. The van der Waals surface area contributed by atoms with Gasteiger partial charge in [0.25, 0.3) is 0 Å². The van der Waals surface area contributed by atoms with E-state index in [9.17, 15) is 4.39 Å². The average Bonchev–Trinajstić information content (AvgIpc) is 3.14. The molecule has 5 nitrogen and oxygen atoms in total. The van der Waals surface area contributed by atoms with Gasteiger partial charge < -0.3 is 4.74 Å². The number of rotatable bonds is 4. The molecule has 1 aliphatic rings. The lowest BCUT2D eigenvalue weighted by molar-refractivity contribution is 0.288. The summed E-state index contributed by atoms with van der Waals surface area (Å²) >= 11 is 0. The first-order valence-electron chi connectivity index (χ1n) is 8.35. The predicted octanol–water partition coefficient (Wildman–Crippen LogP) is 3.62. The van der Waals surface area contributed by atoms with E-state index in [1.807, 2.05) is 12.1 Å². The van der Waals surface area contributed by atoms with E-state index in [0.717, 1.165) is 41.6 Å². The van der Waals surface area contributed by atoms with E-state index in [2.05, 4.69) is 15.0 Å². The number of fused-ring (bicyclic) bond motifs is 1. The lowest BCUT2D eigenvalue weighted by Gasteiger charge is -2.12. The molecule has 3 heterocycles. The molecule has 0 N–H and O–H groups in total. The van der Waals surface area contributed by atoms with Gasteiger partial charge in [0.15, 0.2) is 0 Å². The summed E-state index contributed by atoms with van der Waals surface area (Å²) in [5.74, 6) is -0.0145. The summed E-state index contributed by atoms with van der Waals surface area (Å²) in [6, 6.07) is 10.6. The molecule has 0 atom stereocenters. The van der Waals surface area contributed by atoms with Crippen LogP contribution < -0.4 is 4.74 Å². The van der Waals surface area contributed by atoms with Crippen molar-refractivity contribution in [1.82, 2.24) is 15.0 Å². The number of nitriles is 1. The maximum Gasteiger partial charge on any atom is 0.214 e. The van der Waals surface area contributed by atoms with Crippen molar-refractivity contribution in [3.05, 3.63) is 71.2 Å². The second kappa shape index (κ2) is 6.89. The molecule has 4 rings (SSSR count). The average molecular weight is 346 g/mol. The number of pyridine rings is 3. The molecule has 0 aliphatic heterocycles. The van der Waals surface area contributed by atoms with Crippen molar-refractivity contribution in [1.29, 1.82) is 5.26 Å². The normalized spacial score (nSPS) is 12.5. The first-order chi connectivity index (χ1) is 12.7. The van der Waals surface area contributed by atoms with Gasteiger partial charge in [-0.3, -0.25) is 4.98 Å². The van der Waals surface area contributed by atoms with Crippen molar-refractivity contribution < 1.29 is 9.13 Å². The minimum Gasteiger partial charge on any atom is -0.471 e. The summed E-state index contributed by atoms with van der Waals surface area (Å²) in [4.78, 5) is 12.4. The van der Waals surface area contributed by atoms with Gasteiger partial charge in [-0.25, -0.2) is 9.97 Å². The van der Waals surface area contributed by atoms with Crippen LogP contribution in [0.4, 0.5) is 4.39 Å². The van der Waals surface area contributed by atoms with Gasteiger partial charge in [-0.05, 0) is 54.2 Å². The first kappa shape index (κ1) is 16.2. The van der Waals surface area contributed by atoms with Crippen LogP contribution in [0, 0.1) is 17.3 Å². The number of aryl methyl sites for hydroxylation is 1. The molecule has 26 heavy (non-hydrogen) atoms. The zero-order valence-corrected chi connectivity index (χ0v) is 13.9. The summed E-state index contributed by atoms with van der Waals surface area (Å²) in [6.45, 7) is 0.252. The van der Waals surface area contributed by atoms with E-state index >= 15 is 0 Å². The van der Waals surface area contributed by atoms with E-state index in [0.29, 0.717) is 17.1 Å². The van der Waals surface area contributed by atoms with Crippen LogP contribution >= 0.6 is 0 Å². The molecule has 0 amide bonds. The number of ether oxygens (including phenoxy) is 1. The maximum atomic E-state index is 13.5. The molecule has 3 aromatic heterocycles. The lowest BCUT2D eigenvalue weighted by Crippen LogP contribution is -2.02. The van der Waals surface area contributed by atoms with Crippen molar-refractivity contribution in [2.75, 3.05) is 0 Å². The van der Waals surface area contributed by atoms with Gasteiger partial charge in [-0.2, -0.15) is 9.65 Å². The molecule has 6 heteroatoms. The van der Waals surface area contributed by atoms with Crippen LogP contribution in [0.25, 0.3) is 11.1 Å². The van der Waals surface area contributed by atoms with Gasteiger partial charge in [0.2, 0.25) is 11.8 Å². The minimum atomic E-state index is -0.504. The third kappa shape index (κ3) is 3.24. The number of hydrogen-bond donors (Lipinski definition) is 0. The molecule has 0 radical (unpaired) electrons. The van der Waals surface area contributed by atoms with Gasteiger partial charge in [-0.1, -0.05) is 0 Å². The van der Waals surface area contributed by atoms with Crippen LogP contribution in [0.3, 0.4) is 0 Å². The standard InChI is InChI=1S/C20H15FN4O/c21-19-8-14(6-7-23-19)17-9-20(25-18-3-1-2-16(17)18)26-12-15-5-4-13(10-22)11-24-15/h4-9,11H,1-3,12H2. The Morgan fingerprint density at radius 3 is 2.85 bits per heavy atom. The number of aromatic nitrogens is 3. The molecule has 0 fully saturated rings. The van der Waals surface area contributed by atoms with Crippen LogP contribution in [-0.4, -0.2) is 15.0 Å². The Hall–Kier alpha value is -3.33. The van der Waals surface area contributed by atoms with Crippen LogP contribution in [0.15, 0.2) is 42.7 Å². The van der Waals surface area contributed by atoms with Crippen LogP contribution in [0.2, 0.25) is 0 Å². The highest BCUT2D eigenvalue weighted by Gasteiger charge is 2.20. The number of halogens is 1. The highest BCUT2D eigenvalue weighted by Crippen LogP contribution is 2.34. The third-order valence-corrected chi connectivity index (χ3v) is 4.39. The molecule has 1 aliphatic carbocycles. The Morgan fingerprint density at radius 1 is 1.15 bits per heavy atom. The molecule has 0 aromatic carbocycles. The van der Waals surface area contributed by atoms with Crippen molar-refractivity contribution in [2.24, 2.45) is 0 Å². The second-order valence-electron chi connectivity index (χ2n) is 6.09. The zero-order chi connectivity index (χ0) is 17.9. The molecule has 0 saturated carbocycles. The molecule has 0 saturated heterocycles. The summed E-state index contributed by atoms with van der Waals surface area (Å²) in [5.41, 5.74) is 5.09. The Labute approximate surface area is 150 Å². The summed E-state index contributed by atoms with van der Waals surface area (Å²) in [5, 5.41) is 8.82. The van der Waals surface area contributed by atoms with Gasteiger partial charge >= 0.3 is 0 Å². The van der Waals surface area contributed by atoms with Crippen molar-refractivity contribution >= 4 is 0 Å². The Bertz CT molecular complexity index is 996. The molecule has 0 bridgehead atoms. The minimum absolute atomic E-state index is 0.252. The third-order valence-electron chi connectivity index (χ3n) is 4.39. The van der Waals surface area contributed by atoms with E-state index in [-0.39, 0.29) is 6.61 Å². The van der Waals surface area contributed by atoms with Crippen LogP contribution in [0.5, 0.6) is 5.88 Å². The summed E-state index contributed by atoms with van der Waals surface area (Å²) in [7, 11) is 0. The van der Waals surface area contributed by atoms with Crippen LogP contribution in [-0.2, 0) is 19.4 Å². The molecule has 128 valence electrons. The Morgan fingerprint density at radius 2 is 2.08 bits per heavy atom. The van der Waals surface area contributed by atoms with Gasteiger partial charge in [0.05, 0.1) is 11.3 Å². The van der Waals surface area contributed by atoms with Crippen molar-refractivity contribution in [2.45, 2.75) is 25.9 Å². The number of hydrogen-bond acceptors (Lipinski definition) is 5. The van der Waals surface area contributed by atoms with Gasteiger partial charge in [-0.15, -0.1) is 0 Å². The molecule has 0 unspecified atom stereocenters. The summed E-state index contributed by atoms with van der Waals surface area (Å²) < 4.78 is 19.4. The number of nitrogens with zero attached hydrogens (tertiary/aromatic N) is 4. The molecule has 3 aromatic rings. The molecule has 0 spiro atoms. The summed E-state index contributed by atoms with van der Waals surface area (Å²) in [6.07, 6.45) is 5.83. The van der Waals surface area contributed by atoms with Crippen LogP contribution in [0.1, 0.15) is 28.9 Å². The quantitative estimate of drug-likeness (QED) is 0.675. The second-order valence-corrected chi connectivity index (χ2v) is 6.09. The van der Waals surface area contributed by atoms with Gasteiger partial charge in [0.1, 0.15) is 12.7 Å². The van der Waals surface area contributed by atoms with Gasteiger partial charge in [0, 0.05) is 30.2 Å². The smallest absolute Gasteiger partial charge is 0.214 e. The van der Waals surface area contributed by atoms with E-state index in [1.54, 1.807) is 18.2 Å². The largest absolute Gasteiger partial charge is 0.471 e. The topological polar surface area (TPSA) is 71.7 Å². The van der Waals surface area contributed by atoms with Crippen molar-refractivity contribution in [3.63, 3.8) is 0 Å². The van der Waals surface area contributed by atoms with E-state index < -0.39 is 5.95 Å². The Kier molecular flexibility index (Phi) is 4.28. The fourth-order valence-corrected chi connectivity index (χ4v) is 3.14. The van der Waals surface area contributed by atoms with E-state index in [1.165, 1.54) is 18.5 Å².